The lowest BCUT2D eigenvalue weighted by molar-refractivity contribution is 0.649. The SMILES string of the molecule is [CH2]/C=C/CCCCCC/C=C/CCCCCC. The van der Waals surface area contributed by atoms with Gasteiger partial charge in [0.2, 0.25) is 0 Å². The van der Waals surface area contributed by atoms with Gasteiger partial charge in [-0.3, -0.25) is 0 Å². The molecule has 0 aliphatic carbocycles. The van der Waals surface area contributed by atoms with Gasteiger partial charge in [0.25, 0.3) is 0 Å². The maximum absolute atomic E-state index is 3.69. The standard InChI is InChI=1S/C17H31/c1-3-5-7-9-11-13-15-17-16-14-12-10-8-6-4-2/h3,5,14,16H,1,4,6-13,15,17H2,2H3/b5-3+,16-14+. The minimum atomic E-state index is 1.21. The first-order valence-corrected chi connectivity index (χ1v) is 7.51. The number of rotatable bonds is 12. The van der Waals surface area contributed by atoms with Crippen LogP contribution in [-0.2, 0) is 0 Å². The van der Waals surface area contributed by atoms with Gasteiger partial charge in [-0.15, -0.1) is 0 Å². The average Bonchev–Trinajstić information content (AvgIpc) is 2.35. The molecule has 0 spiro atoms. The topological polar surface area (TPSA) is 0 Å². The van der Waals surface area contributed by atoms with Crippen LogP contribution in [0.4, 0.5) is 0 Å². The highest BCUT2D eigenvalue weighted by Gasteiger charge is 1.88. The summed E-state index contributed by atoms with van der Waals surface area (Å²) in [6.45, 7) is 5.96. The summed E-state index contributed by atoms with van der Waals surface area (Å²) in [5.41, 5.74) is 0. The molecule has 0 saturated carbocycles. The molecule has 0 N–H and O–H groups in total. The smallest absolute Gasteiger partial charge is 0.0316 e. The zero-order valence-electron chi connectivity index (χ0n) is 11.8. The van der Waals surface area contributed by atoms with Gasteiger partial charge in [0, 0.05) is 0 Å². The summed E-state index contributed by atoms with van der Waals surface area (Å²) in [6.07, 6.45) is 23.5. The molecule has 0 unspecified atom stereocenters. The molecule has 1 radical (unpaired) electrons. The highest BCUT2D eigenvalue weighted by Crippen LogP contribution is 2.07. The maximum Gasteiger partial charge on any atom is -0.0316 e. The summed E-state index contributed by atoms with van der Waals surface area (Å²) < 4.78 is 0. The van der Waals surface area contributed by atoms with Crippen molar-refractivity contribution in [3.63, 3.8) is 0 Å². The second kappa shape index (κ2) is 15.5. The van der Waals surface area contributed by atoms with Crippen molar-refractivity contribution in [2.45, 2.75) is 77.6 Å². The molecule has 99 valence electrons. The first-order chi connectivity index (χ1) is 8.41. The molecule has 17 heavy (non-hydrogen) atoms. The van der Waals surface area contributed by atoms with E-state index in [1.165, 1.54) is 70.6 Å². The van der Waals surface area contributed by atoms with E-state index in [1.54, 1.807) is 0 Å². The molecule has 0 bridgehead atoms. The van der Waals surface area contributed by atoms with Crippen LogP contribution in [0.5, 0.6) is 0 Å². The summed E-state index contributed by atoms with van der Waals surface area (Å²) >= 11 is 0. The molecular formula is C17H31. The third-order valence-corrected chi connectivity index (χ3v) is 3.05. The Morgan fingerprint density at radius 2 is 1.12 bits per heavy atom. The van der Waals surface area contributed by atoms with Crippen LogP contribution in [0.2, 0.25) is 0 Å². The number of hydrogen-bond donors (Lipinski definition) is 0. The van der Waals surface area contributed by atoms with Crippen molar-refractivity contribution in [2.75, 3.05) is 0 Å². The first kappa shape index (κ1) is 16.5. The van der Waals surface area contributed by atoms with E-state index in [-0.39, 0.29) is 0 Å². The van der Waals surface area contributed by atoms with Crippen molar-refractivity contribution in [1.82, 2.24) is 0 Å². The van der Waals surface area contributed by atoms with Crippen LogP contribution in [0.25, 0.3) is 0 Å². The Bertz CT molecular complexity index is 176. The Morgan fingerprint density at radius 1 is 0.647 bits per heavy atom. The molecule has 0 aliphatic rings. The van der Waals surface area contributed by atoms with Gasteiger partial charge >= 0.3 is 0 Å². The summed E-state index contributed by atoms with van der Waals surface area (Å²) in [5.74, 6) is 0. The summed E-state index contributed by atoms with van der Waals surface area (Å²) in [6, 6.07) is 0. The molecule has 0 heterocycles. The lowest BCUT2D eigenvalue weighted by atomic mass is 10.1. The van der Waals surface area contributed by atoms with Crippen LogP contribution in [0.15, 0.2) is 24.3 Å². The molecule has 0 heteroatoms. The molecule has 0 aromatic heterocycles. The van der Waals surface area contributed by atoms with E-state index in [2.05, 4.69) is 32.1 Å². The van der Waals surface area contributed by atoms with E-state index in [4.69, 9.17) is 0 Å². The minimum Gasteiger partial charge on any atom is -0.0885 e. The zero-order valence-corrected chi connectivity index (χ0v) is 11.8. The fourth-order valence-corrected chi connectivity index (χ4v) is 1.92. The Kier molecular flexibility index (Phi) is 15.0. The van der Waals surface area contributed by atoms with Crippen LogP contribution < -0.4 is 0 Å². The molecule has 0 aromatic rings. The third-order valence-electron chi connectivity index (χ3n) is 3.05. The van der Waals surface area contributed by atoms with Gasteiger partial charge in [0.15, 0.2) is 0 Å². The normalized spacial score (nSPS) is 11.9. The Balaban J connectivity index is 3.03. The van der Waals surface area contributed by atoms with E-state index < -0.39 is 0 Å². The summed E-state index contributed by atoms with van der Waals surface area (Å²) in [4.78, 5) is 0. The molecule has 0 aliphatic heterocycles. The summed E-state index contributed by atoms with van der Waals surface area (Å²) in [5, 5.41) is 0. The van der Waals surface area contributed by atoms with Gasteiger partial charge < -0.3 is 0 Å². The predicted molar refractivity (Wildman–Crippen MR) is 80.1 cm³/mol. The van der Waals surface area contributed by atoms with Crippen molar-refractivity contribution >= 4 is 0 Å². The van der Waals surface area contributed by atoms with Gasteiger partial charge in [-0.2, -0.15) is 0 Å². The molecule has 0 fully saturated rings. The largest absolute Gasteiger partial charge is 0.0885 e. The number of allylic oxidation sites excluding steroid dienone is 4. The highest BCUT2D eigenvalue weighted by molar-refractivity contribution is 4.83. The number of hydrogen-bond acceptors (Lipinski definition) is 0. The fraction of sp³-hybridized carbons (Fsp3) is 0.706. The van der Waals surface area contributed by atoms with Crippen molar-refractivity contribution in [3.05, 3.63) is 31.2 Å². The Labute approximate surface area is 109 Å². The Morgan fingerprint density at radius 3 is 1.59 bits per heavy atom. The van der Waals surface area contributed by atoms with Crippen LogP contribution in [0, 0.1) is 6.92 Å². The molecule has 0 rings (SSSR count). The minimum absolute atomic E-state index is 1.21. The Hall–Kier alpha value is -0.520. The van der Waals surface area contributed by atoms with E-state index >= 15 is 0 Å². The zero-order chi connectivity index (χ0) is 12.6. The quantitative estimate of drug-likeness (QED) is 0.277. The van der Waals surface area contributed by atoms with Gasteiger partial charge in [0.05, 0.1) is 0 Å². The van der Waals surface area contributed by atoms with Gasteiger partial charge in [0.1, 0.15) is 0 Å². The van der Waals surface area contributed by atoms with E-state index in [1.807, 2.05) is 6.08 Å². The lowest BCUT2D eigenvalue weighted by Crippen LogP contribution is -1.77. The first-order valence-electron chi connectivity index (χ1n) is 7.51. The van der Waals surface area contributed by atoms with Crippen molar-refractivity contribution in [1.29, 1.82) is 0 Å². The number of unbranched alkanes of at least 4 members (excludes halogenated alkanes) is 9. The fourth-order valence-electron chi connectivity index (χ4n) is 1.92. The maximum atomic E-state index is 3.69. The van der Waals surface area contributed by atoms with Crippen molar-refractivity contribution in [3.8, 4) is 0 Å². The monoisotopic (exact) mass is 235 g/mol. The van der Waals surface area contributed by atoms with Gasteiger partial charge in [-0.1, -0.05) is 63.3 Å². The van der Waals surface area contributed by atoms with Crippen LogP contribution in [-0.4, -0.2) is 0 Å². The van der Waals surface area contributed by atoms with E-state index in [0.717, 1.165) is 0 Å². The summed E-state index contributed by atoms with van der Waals surface area (Å²) in [7, 11) is 0. The second-order valence-corrected chi connectivity index (χ2v) is 4.78. The molecular weight excluding hydrogens is 204 g/mol. The van der Waals surface area contributed by atoms with Crippen molar-refractivity contribution in [2.24, 2.45) is 0 Å². The van der Waals surface area contributed by atoms with Crippen molar-refractivity contribution < 1.29 is 0 Å². The van der Waals surface area contributed by atoms with Crippen LogP contribution in [0.3, 0.4) is 0 Å². The predicted octanol–water partition coefficient (Wildman–Crippen LogP) is 6.24. The molecule has 0 aromatic carbocycles. The average molecular weight is 235 g/mol. The molecule has 0 amide bonds. The van der Waals surface area contributed by atoms with Gasteiger partial charge in [-0.05, 0) is 45.4 Å². The van der Waals surface area contributed by atoms with Crippen LogP contribution >= 0.6 is 0 Å². The second-order valence-electron chi connectivity index (χ2n) is 4.78. The molecule has 0 saturated heterocycles. The van der Waals surface area contributed by atoms with E-state index in [9.17, 15) is 0 Å². The lowest BCUT2D eigenvalue weighted by Gasteiger charge is -1.97. The molecule has 0 nitrogen and oxygen atoms in total. The third kappa shape index (κ3) is 15.5. The van der Waals surface area contributed by atoms with Gasteiger partial charge in [-0.25, -0.2) is 0 Å². The van der Waals surface area contributed by atoms with Crippen LogP contribution in [0.1, 0.15) is 77.6 Å². The van der Waals surface area contributed by atoms with E-state index in [0.29, 0.717) is 0 Å². The molecule has 0 atom stereocenters. The highest BCUT2D eigenvalue weighted by atomic mass is 13.9.